The number of carbonyl (C=O) groups is 1. The van der Waals surface area contributed by atoms with Gasteiger partial charge in [0.15, 0.2) is 10.9 Å². The normalized spacial score (nSPS) is 14.8. The summed E-state index contributed by atoms with van der Waals surface area (Å²) in [6.45, 7) is 17.8. The number of carbonyl (C=O) groups excluding carboxylic acids is 1. The van der Waals surface area contributed by atoms with Crippen LogP contribution < -0.4 is 4.90 Å². The summed E-state index contributed by atoms with van der Waals surface area (Å²) >= 11 is 1.49. The Morgan fingerprint density at radius 3 is 2.45 bits per heavy atom. The van der Waals surface area contributed by atoms with Crippen LogP contribution in [0.2, 0.25) is 0 Å². The molecule has 8 heteroatoms. The van der Waals surface area contributed by atoms with Crippen LogP contribution in [0.25, 0.3) is 0 Å². The number of hydrogen-bond donors (Lipinski definition) is 0. The van der Waals surface area contributed by atoms with Gasteiger partial charge in [0.25, 0.3) is 0 Å². The number of Topliss-reactive ketones (excluding diaryl/α,β-unsaturated/α-hetero) is 1. The maximum Gasteiger partial charge on any atom is 0.228 e. The highest BCUT2D eigenvalue weighted by Crippen LogP contribution is 2.26. The first-order valence-electron chi connectivity index (χ1n) is 11.4. The number of rotatable bonds is 10. The van der Waals surface area contributed by atoms with Gasteiger partial charge >= 0.3 is 0 Å². The summed E-state index contributed by atoms with van der Waals surface area (Å²) in [7, 11) is 0. The SMILES string of the molecule is Cc1cc(C(=O)CSc2nnc(N3CCOCC3)n2CC(C)C)c(C)n1CCC(C)C. The molecule has 3 heterocycles. The van der Waals surface area contributed by atoms with Gasteiger partial charge in [0.05, 0.1) is 19.0 Å². The quantitative estimate of drug-likeness (QED) is 0.402. The molecule has 0 bridgehead atoms. The standard InChI is InChI=1S/C23H37N5O2S/c1-16(2)7-8-27-18(5)13-20(19(27)6)21(29)15-31-23-25-24-22(28(23)14-17(3)4)26-9-11-30-12-10-26/h13,16-17H,7-12,14-15H2,1-6H3. The van der Waals surface area contributed by atoms with E-state index >= 15 is 0 Å². The first kappa shape index (κ1) is 23.9. The molecule has 31 heavy (non-hydrogen) atoms. The minimum absolute atomic E-state index is 0.154. The van der Waals surface area contributed by atoms with E-state index in [9.17, 15) is 4.79 Å². The molecule has 0 amide bonds. The molecule has 2 aromatic heterocycles. The molecule has 1 aliphatic rings. The van der Waals surface area contributed by atoms with Gasteiger partial charge in [-0.15, -0.1) is 10.2 Å². The molecule has 3 rings (SSSR count). The van der Waals surface area contributed by atoms with E-state index in [2.05, 4.69) is 65.8 Å². The zero-order valence-electron chi connectivity index (χ0n) is 19.8. The van der Waals surface area contributed by atoms with Crippen LogP contribution in [0, 0.1) is 25.7 Å². The average Bonchev–Trinajstić information content (AvgIpc) is 3.25. The molecule has 1 aliphatic heterocycles. The minimum atomic E-state index is 0.154. The Morgan fingerprint density at radius 2 is 1.81 bits per heavy atom. The van der Waals surface area contributed by atoms with Crippen molar-refractivity contribution in [3.05, 3.63) is 23.0 Å². The molecule has 0 unspecified atom stereocenters. The van der Waals surface area contributed by atoms with Gasteiger partial charge < -0.3 is 14.2 Å². The average molecular weight is 448 g/mol. The predicted molar refractivity (Wildman–Crippen MR) is 126 cm³/mol. The molecule has 0 aromatic carbocycles. The third-order valence-corrected chi connectivity index (χ3v) is 6.64. The Morgan fingerprint density at radius 1 is 1.10 bits per heavy atom. The molecule has 2 aromatic rings. The highest BCUT2D eigenvalue weighted by atomic mass is 32.2. The van der Waals surface area contributed by atoms with Crippen LogP contribution in [0.4, 0.5) is 5.95 Å². The van der Waals surface area contributed by atoms with Gasteiger partial charge in [0.2, 0.25) is 5.95 Å². The first-order chi connectivity index (χ1) is 14.8. The Balaban J connectivity index is 1.72. The van der Waals surface area contributed by atoms with E-state index in [1.807, 2.05) is 6.07 Å². The molecular formula is C23H37N5O2S. The fourth-order valence-corrected chi connectivity index (χ4v) is 4.76. The summed E-state index contributed by atoms with van der Waals surface area (Å²) in [5.74, 6) is 2.52. The van der Waals surface area contributed by atoms with E-state index in [1.54, 1.807) is 0 Å². The van der Waals surface area contributed by atoms with E-state index in [1.165, 1.54) is 11.8 Å². The highest BCUT2D eigenvalue weighted by Gasteiger charge is 2.23. The molecule has 1 fully saturated rings. The Bertz CT molecular complexity index is 881. The predicted octanol–water partition coefficient (Wildman–Crippen LogP) is 4.21. The monoisotopic (exact) mass is 447 g/mol. The molecule has 1 saturated heterocycles. The molecule has 0 spiro atoms. The summed E-state index contributed by atoms with van der Waals surface area (Å²) in [5.41, 5.74) is 3.06. The van der Waals surface area contributed by atoms with Crippen LogP contribution in [-0.2, 0) is 17.8 Å². The number of nitrogens with zero attached hydrogens (tertiary/aromatic N) is 5. The number of ketones is 1. The van der Waals surface area contributed by atoms with Crippen molar-refractivity contribution in [2.75, 3.05) is 37.0 Å². The first-order valence-corrected chi connectivity index (χ1v) is 12.3. The van der Waals surface area contributed by atoms with Gasteiger partial charge in [-0.2, -0.15) is 0 Å². The van der Waals surface area contributed by atoms with Crippen LogP contribution in [0.1, 0.15) is 55.9 Å². The topological polar surface area (TPSA) is 65.2 Å². The number of aryl methyl sites for hydroxylation is 1. The lowest BCUT2D eigenvalue weighted by atomic mass is 10.1. The van der Waals surface area contributed by atoms with Crippen molar-refractivity contribution in [3.8, 4) is 0 Å². The summed E-state index contributed by atoms with van der Waals surface area (Å²) < 4.78 is 9.92. The van der Waals surface area contributed by atoms with Crippen LogP contribution in [-0.4, -0.2) is 57.2 Å². The fraction of sp³-hybridized carbons (Fsp3) is 0.696. The summed E-state index contributed by atoms with van der Waals surface area (Å²) in [5, 5.41) is 9.72. The van der Waals surface area contributed by atoms with Crippen molar-refractivity contribution >= 4 is 23.5 Å². The second-order valence-electron chi connectivity index (χ2n) is 9.22. The van der Waals surface area contributed by atoms with Crippen molar-refractivity contribution in [2.24, 2.45) is 11.8 Å². The number of thioether (sulfide) groups is 1. The largest absolute Gasteiger partial charge is 0.378 e. The Labute approximate surface area is 190 Å². The molecule has 0 N–H and O–H groups in total. The second-order valence-corrected chi connectivity index (χ2v) is 10.2. The van der Waals surface area contributed by atoms with Crippen LogP contribution in [0.3, 0.4) is 0 Å². The van der Waals surface area contributed by atoms with Crippen molar-refractivity contribution in [2.45, 2.75) is 66.2 Å². The Hall–Kier alpha value is -1.80. The van der Waals surface area contributed by atoms with E-state index in [-0.39, 0.29) is 5.78 Å². The maximum atomic E-state index is 13.1. The number of ether oxygens (including phenoxy) is 1. The maximum absolute atomic E-state index is 13.1. The van der Waals surface area contributed by atoms with Crippen molar-refractivity contribution in [1.29, 1.82) is 0 Å². The molecule has 7 nitrogen and oxygen atoms in total. The Kier molecular flexibility index (Phi) is 8.22. The zero-order valence-corrected chi connectivity index (χ0v) is 20.7. The third-order valence-electron chi connectivity index (χ3n) is 5.68. The lowest BCUT2D eigenvalue weighted by Gasteiger charge is -2.28. The van der Waals surface area contributed by atoms with Crippen molar-refractivity contribution in [1.82, 2.24) is 19.3 Å². The van der Waals surface area contributed by atoms with E-state index in [0.29, 0.717) is 30.8 Å². The number of anilines is 1. The van der Waals surface area contributed by atoms with Crippen LogP contribution in [0.5, 0.6) is 0 Å². The fourth-order valence-electron chi connectivity index (χ4n) is 3.93. The zero-order chi connectivity index (χ0) is 22.5. The van der Waals surface area contributed by atoms with Crippen LogP contribution >= 0.6 is 11.8 Å². The van der Waals surface area contributed by atoms with Crippen LogP contribution in [0.15, 0.2) is 11.2 Å². The number of aromatic nitrogens is 4. The van der Waals surface area contributed by atoms with Gasteiger partial charge in [0, 0.05) is 43.1 Å². The lowest BCUT2D eigenvalue weighted by molar-refractivity contribution is 0.102. The second kappa shape index (κ2) is 10.7. The van der Waals surface area contributed by atoms with Crippen molar-refractivity contribution < 1.29 is 9.53 Å². The molecule has 0 aliphatic carbocycles. The summed E-state index contributed by atoms with van der Waals surface area (Å²) in [6, 6.07) is 2.04. The lowest BCUT2D eigenvalue weighted by Crippen LogP contribution is -2.38. The smallest absolute Gasteiger partial charge is 0.228 e. The molecule has 0 atom stereocenters. The molecule has 0 saturated carbocycles. The molecule has 0 radical (unpaired) electrons. The number of hydrogen-bond acceptors (Lipinski definition) is 6. The minimum Gasteiger partial charge on any atom is -0.378 e. The number of morpholine rings is 1. The summed E-state index contributed by atoms with van der Waals surface area (Å²) in [4.78, 5) is 15.3. The van der Waals surface area contributed by atoms with E-state index in [0.717, 1.165) is 60.7 Å². The van der Waals surface area contributed by atoms with Gasteiger partial charge in [-0.25, -0.2) is 0 Å². The van der Waals surface area contributed by atoms with Gasteiger partial charge in [0.1, 0.15) is 0 Å². The third kappa shape index (κ3) is 5.92. The highest BCUT2D eigenvalue weighted by molar-refractivity contribution is 7.99. The molecular weight excluding hydrogens is 410 g/mol. The van der Waals surface area contributed by atoms with E-state index in [4.69, 9.17) is 4.74 Å². The van der Waals surface area contributed by atoms with Gasteiger partial charge in [-0.3, -0.25) is 9.36 Å². The van der Waals surface area contributed by atoms with Gasteiger partial charge in [-0.05, 0) is 38.2 Å². The van der Waals surface area contributed by atoms with Gasteiger partial charge in [-0.1, -0.05) is 39.5 Å². The summed E-state index contributed by atoms with van der Waals surface area (Å²) in [6.07, 6.45) is 1.11. The molecule has 172 valence electrons. The van der Waals surface area contributed by atoms with Crippen molar-refractivity contribution in [3.63, 3.8) is 0 Å². The van der Waals surface area contributed by atoms with E-state index < -0.39 is 0 Å².